The van der Waals surface area contributed by atoms with Gasteiger partial charge in [0, 0.05) is 0 Å². The van der Waals surface area contributed by atoms with E-state index in [2.05, 4.69) is 0 Å². The van der Waals surface area contributed by atoms with E-state index in [-0.39, 0.29) is 0 Å². The van der Waals surface area contributed by atoms with Crippen molar-refractivity contribution >= 4 is 0 Å². The Bertz CT molecular complexity index is 191. The Morgan fingerprint density at radius 3 is 1.58 bits per heavy atom. The van der Waals surface area contributed by atoms with E-state index in [1.807, 2.05) is 0 Å². The number of alkyl halides is 6. The van der Waals surface area contributed by atoms with Crippen LogP contribution in [-0.2, 0) is 0 Å². The van der Waals surface area contributed by atoms with Crippen LogP contribution in [0.1, 0.15) is 0 Å². The van der Waals surface area contributed by atoms with Crippen molar-refractivity contribution in [3.63, 3.8) is 0 Å². The van der Waals surface area contributed by atoms with Crippen LogP contribution in [0.3, 0.4) is 0 Å². The number of rotatable bonds is 3. The maximum Gasteiger partial charge on any atom is 0.582 e. The predicted molar refractivity (Wildman–Crippen MR) is 22.9 cm³/mol. The van der Waals surface area contributed by atoms with Gasteiger partial charge in [0.15, 0.2) is 0 Å². The van der Waals surface area contributed by atoms with Gasteiger partial charge >= 0.3 is 18.4 Å². The van der Waals surface area contributed by atoms with Crippen LogP contribution in [0.4, 0.5) is 26.3 Å². The Labute approximate surface area is 61.1 Å². The van der Waals surface area contributed by atoms with Crippen molar-refractivity contribution in [2.24, 2.45) is 0 Å². The van der Waals surface area contributed by atoms with Gasteiger partial charge in [0.2, 0.25) is 0 Å². The molecule has 0 aliphatic rings. The molecule has 0 radical (unpaired) electrons. The van der Waals surface area contributed by atoms with Gasteiger partial charge < -0.3 is 0 Å². The molecule has 12 heavy (non-hydrogen) atoms. The Balaban J connectivity index is 4.88. The van der Waals surface area contributed by atoms with Gasteiger partial charge in [-0.1, -0.05) is 0 Å². The van der Waals surface area contributed by atoms with Crippen LogP contribution in [0.2, 0.25) is 0 Å². The van der Waals surface area contributed by atoms with E-state index in [1.54, 1.807) is 0 Å². The number of hydrogen-bond donors (Lipinski definition) is 0. The van der Waals surface area contributed by atoms with Gasteiger partial charge in [-0.05, 0) is 0 Å². The monoisotopic (exact) mass is 197 g/mol. The lowest BCUT2D eigenvalue weighted by Gasteiger charge is -2.17. The minimum absolute atomic E-state index is 2.75. The van der Waals surface area contributed by atoms with Crippen molar-refractivity contribution in [2.45, 2.75) is 18.4 Å². The number of nitro groups is 1. The van der Waals surface area contributed by atoms with Gasteiger partial charge in [-0.15, -0.1) is 8.78 Å². The smallest absolute Gasteiger partial charge is 0.259 e. The lowest BCUT2D eigenvalue weighted by atomic mass is 10.3. The first-order chi connectivity index (χ1) is 5.14. The molecule has 0 aromatic rings. The van der Waals surface area contributed by atoms with Gasteiger partial charge in [0.1, 0.15) is 4.92 Å². The largest absolute Gasteiger partial charge is 0.582 e. The highest BCUT2D eigenvalue weighted by Gasteiger charge is 2.73. The first kappa shape index (κ1) is 11.0. The average Bonchev–Trinajstić information content (AvgIpc) is 1.86. The fraction of sp³-hybridized carbons (Fsp3) is 1.00. The summed E-state index contributed by atoms with van der Waals surface area (Å²) in [7, 11) is 0. The molecule has 0 rings (SSSR count). The molecule has 0 aromatic carbocycles. The van der Waals surface area contributed by atoms with Crippen molar-refractivity contribution in [1.82, 2.24) is 0 Å². The summed E-state index contributed by atoms with van der Waals surface area (Å²) in [5.74, 6) is -5.95. The van der Waals surface area contributed by atoms with Gasteiger partial charge in [-0.3, -0.25) is 10.1 Å². The highest BCUT2D eigenvalue weighted by molar-refractivity contribution is 4.78. The predicted octanol–water partition coefficient (Wildman–Crippen LogP) is 1.76. The van der Waals surface area contributed by atoms with E-state index in [9.17, 15) is 36.5 Å². The van der Waals surface area contributed by atoms with Crippen molar-refractivity contribution in [1.29, 1.82) is 0 Å². The molecule has 9 heteroatoms. The SMILES string of the molecule is O=[N+]([O-])C(F)(F)C(F)(F)C(F)F. The van der Waals surface area contributed by atoms with E-state index in [0.717, 1.165) is 0 Å². The fourth-order valence-electron chi connectivity index (χ4n) is 0.253. The average molecular weight is 197 g/mol. The number of nitrogens with zero attached hydrogens (tertiary/aromatic N) is 1. The van der Waals surface area contributed by atoms with E-state index in [4.69, 9.17) is 0 Å². The molecule has 72 valence electrons. The maximum atomic E-state index is 11.6. The summed E-state index contributed by atoms with van der Waals surface area (Å²) in [6, 6.07) is -5.94. The summed E-state index contributed by atoms with van der Waals surface area (Å²) in [6.07, 6.45) is -4.78. The van der Waals surface area contributed by atoms with Gasteiger partial charge in [-0.2, -0.15) is 8.78 Å². The third-order valence-electron chi connectivity index (χ3n) is 0.904. The summed E-state index contributed by atoms with van der Waals surface area (Å²) >= 11 is 0. The number of hydrogen-bond acceptors (Lipinski definition) is 2. The molecular weight excluding hydrogens is 196 g/mol. The topological polar surface area (TPSA) is 43.1 Å². The molecule has 0 saturated heterocycles. The van der Waals surface area contributed by atoms with Crippen LogP contribution in [-0.4, -0.2) is 23.3 Å². The second-order valence-electron chi connectivity index (χ2n) is 1.72. The van der Waals surface area contributed by atoms with Crippen molar-refractivity contribution in [3.8, 4) is 0 Å². The van der Waals surface area contributed by atoms with Gasteiger partial charge in [-0.25, -0.2) is 8.78 Å². The van der Waals surface area contributed by atoms with Gasteiger partial charge in [0.25, 0.3) is 0 Å². The fourth-order valence-corrected chi connectivity index (χ4v) is 0.253. The Hall–Kier alpha value is -1.02. The lowest BCUT2D eigenvalue weighted by molar-refractivity contribution is -0.679. The first-order valence-corrected chi connectivity index (χ1v) is 2.32. The second kappa shape index (κ2) is 2.79. The highest BCUT2D eigenvalue weighted by atomic mass is 19.3. The third kappa shape index (κ3) is 1.43. The zero-order chi connectivity index (χ0) is 10.2. The minimum Gasteiger partial charge on any atom is -0.259 e. The van der Waals surface area contributed by atoms with Crippen LogP contribution in [0.5, 0.6) is 0 Å². The quantitative estimate of drug-likeness (QED) is 0.299. The van der Waals surface area contributed by atoms with E-state index < -0.39 is 23.3 Å². The molecule has 0 fully saturated rings. The summed E-state index contributed by atoms with van der Waals surface area (Å²) in [4.78, 5) is 6.46. The lowest BCUT2D eigenvalue weighted by Crippen LogP contribution is -2.51. The Morgan fingerprint density at radius 1 is 1.17 bits per heavy atom. The van der Waals surface area contributed by atoms with E-state index >= 15 is 0 Å². The summed E-state index contributed by atoms with van der Waals surface area (Å²) in [6.45, 7) is 0. The molecular formula is C3HF6NO2. The molecule has 0 aromatic heterocycles. The molecule has 0 heterocycles. The molecule has 0 N–H and O–H groups in total. The maximum absolute atomic E-state index is 11.6. The van der Waals surface area contributed by atoms with Crippen molar-refractivity contribution in [3.05, 3.63) is 10.1 Å². The summed E-state index contributed by atoms with van der Waals surface area (Å²) in [5.41, 5.74) is 0. The standard InChI is InChI=1S/C3HF6NO2/c4-1(5)2(6,7)3(8,9)10(11)12/h1H. The summed E-state index contributed by atoms with van der Waals surface area (Å²) < 4.78 is 68.8. The van der Waals surface area contributed by atoms with E-state index in [1.165, 1.54) is 0 Å². The molecule has 0 bridgehead atoms. The normalized spacial score (nSPS) is 13.6. The molecule has 0 unspecified atom stereocenters. The first-order valence-electron chi connectivity index (χ1n) is 2.32. The van der Waals surface area contributed by atoms with Crippen LogP contribution < -0.4 is 0 Å². The molecule has 0 aliphatic heterocycles. The zero-order valence-corrected chi connectivity index (χ0v) is 5.11. The minimum atomic E-state index is -5.95. The molecule has 0 saturated carbocycles. The molecule has 3 nitrogen and oxygen atoms in total. The third-order valence-corrected chi connectivity index (χ3v) is 0.904. The van der Waals surface area contributed by atoms with Crippen LogP contribution in [0.25, 0.3) is 0 Å². The van der Waals surface area contributed by atoms with E-state index in [0.29, 0.717) is 0 Å². The summed E-state index contributed by atoms with van der Waals surface area (Å²) in [5, 5.41) is 9.21. The van der Waals surface area contributed by atoms with Crippen LogP contribution >= 0.6 is 0 Å². The van der Waals surface area contributed by atoms with Crippen molar-refractivity contribution in [2.75, 3.05) is 0 Å². The van der Waals surface area contributed by atoms with Crippen LogP contribution in [0.15, 0.2) is 0 Å². The molecule has 0 aliphatic carbocycles. The second-order valence-corrected chi connectivity index (χ2v) is 1.72. The van der Waals surface area contributed by atoms with Crippen molar-refractivity contribution < 1.29 is 31.3 Å². The highest BCUT2D eigenvalue weighted by Crippen LogP contribution is 2.39. The zero-order valence-electron chi connectivity index (χ0n) is 5.11. The van der Waals surface area contributed by atoms with Gasteiger partial charge in [0.05, 0.1) is 0 Å². The number of halogens is 6. The Morgan fingerprint density at radius 2 is 1.50 bits per heavy atom. The van der Waals surface area contributed by atoms with Crippen LogP contribution in [0, 0.1) is 10.1 Å². The molecule has 0 amide bonds. The molecule has 0 atom stereocenters. The Kier molecular flexibility index (Phi) is 2.55. The molecule has 0 spiro atoms.